The number of nitrogens with two attached hydrogens (primary N) is 1. The highest BCUT2D eigenvalue weighted by molar-refractivity contribution is 6.07. The molecule has 3 rings (SSSR count). The number of nitrogens with zero attached hydrogens (tertiary/aromatic N) is 1. The van der Waals surface area contributed by atoms with Gasteiger partial charge in [0.05, 0.1) is 11.3 Å². The average molecular weight is 448 g/mol. The Balaban J connectivity index is 2.01. The van der Waals surface area contributed by atoms with E-state index in [1.54, 1.807) is 0 Å². The van der Waals surface area contributed by atoms with Gasteiger partial charge in [-0.2, -0.15) is 13.2 Å². The van der Waals surface area contributed by atoms with Gasteiger partial charge < -0.3 is 21.4 Å². The predicted molar refractivity (Wildman–Crippen MR) is 112 cm³/mol. The first-order valence-electron chi connectivity index (χ1n) is 9.49. The molecule has 168 valence electrons. The standard InChI is InChI=1S/C22H20F4N4O2/c1-11-20(21(32)29-18-7-13(10-27)17(28)9-16(18)23)15(8-19(31)30(11)2)12-3-5-14(6-4-12)22(24,25)26/h3-7,9-10,15,27H,8,28H2,1-2H3,(H,29,32). The Hall–Kier alpha value is -3.69. The lowest BCUT2D eigenvalue weighted by atomic mass is 9.83. The zero-order chi connectivity index (χ0) is 23.8. The Morgan fingerprint density at radius 3 is 2.44 bits per heavy atom. The minimum absolute atomic E-state index is 0.0246. The molecule has 0 bridgehead atoms. The zero-order valence-electron chi connectivity index (χ0n) is 17.2. The van der Waals surface area contributed by atoms with Gasteiger partial charge in [0.25, 0.3) is 5.91 Å². The van der Waals surface area contributed by atoms with Crippen molar-refractivity contribution in [1.82, 2.24) is 4.90 Å². The highest BCUT2D eigenvalue weighted by atomic mass is 19.4. The van der Waals surface area contributed by atoms with Crippen LogP contribution in [0.25, 0.3) is 0 Å². The molecule has 0 saturated heterocycles. The molecule has 4 N–H and O–H groups in total. The number of amides is 2. The first-order valence-corrected chi connectivity index (χ1v) is 9.49. The van der Waals surface area contributed by atoms with E-state index < -0.39 is 29.4 Å². The molecule has 1 heterocycles. The van der Waals surface area contributed by atoms with Gasteiger partial charge in [-0.05, 0) is 36.8 Å². The van der Waals surface area contributed by atoms with Crippen LogP contribution in [0.3, 0.4) is 0 Å². The van der Waals surface area contributed by atoms with Crippen molar-refractivity contribution in [2.45, 2.75) is 25.4 Å². The summed E-state index contributed by atoms with van der Waals surface area (Å²) < 4.78 is 53.1. The molecule has 0 aromatic heterocycles. The van der Waals surface area contributed by atoms with Crippen LogP contribution in [0, 0.1) is 11.2 Å². The predicted octanol–water partition coefficient (Wildman–Crippen LogP) is 4.28. The highest BCUT2D eigenvalue weighted by Gasteiger charge is 2.36. The lowest BCUT2D eigenvalue weighted by Gasteiger charge is -2.32. The van der Waals surface area contributed by atoms with Crippen molar-refractivity contribution in [3.8, 4) is 0 Å². The van der Waals surface area contributed by atoms with Crippen molar-refractivity contribution >= 4 is 29.4 Å². The van der Waals surface area contributed by atoms with Gasteiger partial charge >= 0.3 is 6.18 Å². The van der Waals surface area contributed by atoms with E-state index in [0.717, 1.165) is 24.4 Å². The summed E-state index contributed by atoms with van der Waals surface area (Å²) in [5.41, 5.74) is 5.56. The summed E-state index contributed by atoms with van der Waals surface area (Å²) in [6.07, 6.45) is -3.75. The summed E-state index contributed by atoms with van der Waals surface area (Å²) >= 11 is 0. The second-order valence-electron chi connectivity index (χ2n) is 7.39. The summed E-state index contributed by atoms with van der Waals surface area (Å²) in [5, 5.41) is 9.78. The fraction of sp³-hybridized carbons (Fsp3) is 0.227. The van der Waals surface area contributed by atoms with Gasteiger partial charge in [-0.3, -0.25) is 9.59 Å². The minimum Gasteiger partial charge on any atom is -0.398 e. The SMILES string of the molecule is CC1=C(C(=O)Nc2cc(C=N)c(N)cc2F)C(c2ccc(C(F)(F)F)cc2)CC(=O)N1C. The lowest BCUT2D eigenvalue weighted by Crippen LogP contribution is -2.37. The van der Waals surface area contributed by atoms with E-state index in [9.17, 15) is 27.2 Å². The zero-order valence-corrected chi connectivity index (χ0v) is 17.2. The maximum Gasteiger partial charge on any atom is 0.416 e. The number of anilines is 2. The average Bonchev–Trinajstić information content (AvgIpc) is 2.73. The van der Waals surface area contributed by atoms with Crippen LogP contribution in [0.1, 0.15) is 36.0 Å². The Bertz CT molecular complexity index is 1120. The van der Waals surface area contributed by atoms with Gasteiger partial charge in [0.2, 0.25) is 5.91 Å². The number of halogens is 4. The molecule has 1 aliphatic rings. The Kier molecular flexibility index (Phi) is 6.07. The number of rotatable bonds is 4. The number of allylic oxidation sites excluding steroid dienone is 1. The van der Waals surface area contributed by atoms with Crippen LogP contribution in [0.2, 0.25) is 0 Å². The smallest absolute Gasteiger partial charge is 0.398 e. The van der Waals surface area contributed by atoms with Crippen LogP contribution in [0.4, 0.5) is 28.9 Å². The molecule has 1 unspecified atom stereocenters. The van der Waals surface area contributed by atoms with Crippen LogP contribution in [-0.2, 0) is 15.8 Å². The summed E-state index contributed by atoms with van der Waals surface area (Å²) in [4.78, 5) is 26.8. The number of nitrogens with one attached hydrogen (secondary N) is 2. The highest BCUT2D eigenvalue weighted by Crippen LogP contribution is 2.38. The van der Waals surface area contributed by atoms with Crippen LogP contribution in [0.15, 0.2) is 47.7 Å². The molecule has 0 saturated carbocycles. The Morgan fingerprint density at radius 1 is 1.25 bits per heavy atom. The van der Waals surface area contributed by atoms with Crippen molar-refractivity contribution in [1.29, 1.82) is 5.41 Å². The van der Waals surface area contributed by atoms with Crippen molar-refractivity contribution in [3.05, 3.63) is 70.2 Å². The van der Waals surface area contributed by atoms with Crippen LogP contribution in [0.5, 0.6) is 0 Å². The number of hydrogen-bond acceptors (Lipinski definition) is 4. The van der Waals surface area contributed by atoms with Gasteiger partial charge in [0.15, 0.2) is 0 Å². The molecule has 0 fully saturated rings. The van der Waals surface area contributed by atoms with E-state index >= 15 is 0 Å². The molecule has 2 aromatic carbocycles. The maximum atomic E-state index is 14.3. The fourth-order valence-electron chi connectivity index (χ4n) is 3.56. The first-order chi connectivity index (χ1) is 14.9. The van der Waals surface area contributed by atoms with Crippen molar-refractivity contribution in [3.63, 3.8) is 0 Å². The van der Waals surface area contributed by atoms with Crippen LogP contribution >= 0.6 is 0 Å². The Morgan fingerprint density at radius 2 is 1.88 bits per heavy atom. The van der Waals surface area contributed by atoms with Gasteiger partial charge in [-0.25, -0.2) is 4.39 Å². The largest absolute Gasteiger partial charge is 0.416 e. The van der Waals surface area contributed by atoms with Gasteiger partial charge in [0.1, 0.15) is 5.82 Å². The van der Waals surface area contributed by atoms with E-state index in [0.29, 0.717) is 11.3 Å². The summed E-state index contributed by atoms with van der Waals surface area (Å²) in [6, 6.07) is 6.41. The normalized spacial score (nSPS) is 16.9. The van der Waals surface area contributed by atoms with Crippen molar-refractivity contribution in [2.75, 3.05) is 18.1 Å². The number of hydrogen-bond donors (Lipinski definition) is 3. The quantitative estimate of drug-likeness (QED) is 0.370. The Labute approximate surface area is 181 Å². The van der Waals surface area contributed by atoms with E-state index in [-0.39, 0.29) is 34.8 Å². The minimum atomic E-state index is -4.52. The molecule has 10 heteroatoms. The molecule has 0 spiro atoms. The summed E-state index contributed by atoms with van der Waals surface area (Å²) in [6.45, 7) is 1.53. The van der Waals surface area contributed by atoms with E-state index in [1.807, 2.05) is 0 Å². The van der Waals surface area contributed by atoms with E-state index in [2.05, 4.69) is 5.32 Å². The molecule has 1 aliphatic heterocycles. The van der Waals surface area contributed by atoms with Crippen LogP contribution < -0.4 is 11.1 Å². The molecule has 6 nitrogen and oxygen atoms in total. The molecule has 0 radical (unpaired) electrons. The van der Waals surface area contributed by atoms with E-state index in [1.165, 1.54) is 37.1 Å². The number of alkyl halides is 3. The second-order valence-corrected chi connectivity index (χ2v) is 7.39. The monoisotopic (exact) mass is 448 g/mol. The summed E-state index contributed by atoms with van der Waals surface area (Å²) in [7, 11) is 1.48. The van der Waals surface area contributed by atoms with Crippen LogP contribution in [-0.4, -0.2) is 30.0 Å². The third-order valence-electron chi connectivity index (χ3n) is 5.46. The molecule has 32 heavy (non-hydrogen) atoms. The van der Waals surface area contributed by atoms with E-state index in [4.69, 9.17) is 11.1 Å². The summed E-state index contributed by atoms with van der Waals surface area (Å²) in [5.74, 6) is -2.66. The molecule has 1 atom stereocenters. The molecule has 0 aliphatic carbocycles. The third kappa shape index (κ3) is 4.34. The first kappa shape index (κ1) is 23.0. The molecular weight excluding hydrogens is 428 g/mol. The van der Waals surface area contributed by atoms with Gasteiger partial charge in [-0.15, -0.1) is 0 Å². The molecule has 2 amide bonds. The number of carbonyl (C=O) groups is 2. The number of carbonyl (C=O) groups excluding carboxylic acids is 2. The number of nitrogen functional groups attached to an aromatic ring is 1. The molecular formula is C22H20F4N4O2. The van der Waals surface area contributed by atoms with Crippen molar-refractivity contribution < 1.29 is 27.2 Å². The van der Waals surface area contributed by atoms with Gasteiger partial charge in [0, 0.05) is 48.1 Å². The number of benzene rings is 2. The van der Waals surface area contributed by atoms with Crippen molar-refractivity contribution in [2.24, 2.45) is 0 Å². The van der Waals surface area contributed by atoms with Gasteiger partial charge in [-0.1, -0.05) is 12.1 Å². The topological polar surface area (TPSA) is 99.3 Å². The lowest BCUT2D eigenvalue weighted by molar-refractivity contribution is -0.137. The fourth-order valence-corrected chi connectivity index (χ4v) is 3.56. The maximum absolute atomic E-state index is 14.3. The molecule has 2 aromatic rings. The second kappa shape index (κ2) is 8.45. The third-order valence-corrected chi connectivity index (χ3v) is 5.46.